The van der Waals surface area contributed by atoms with Crippen molar-refractivity contribution < 1.29 is 4.79 Å². The van der Waals surface area contributed by atoms with E-state index in [1.54, 1.807) is 6.33 Å². The fourth-order valence-corrected chi connectivity index (χ4v) is 3.64. The monoisotopic (exact) mass is 349 g/mol. The SMILES string of the molecule is O=C1c2ccccc2-c2c1c1nncn1c1ccc(Br)cc21. The van der Waals surface area contributed by atoms with Crippen LogP contribution in [-0.4, -0.2) is 20.4 Å². The van der Waals surface area contributed by atoms with Crippen molar-refractivity contribution in [1.82, 2.24) is 14.6 Å². The second-order valence-corrected chi connectivity index (χ2v) is 6.23. The van der Waals surface area contributed by atoms with Crippen LogP contribution < -0.4 is 0 Å². The van der Waals surface area contributed by atoms with Gasteiger partial charge in [0.05, 0.1) is 11.1 Å². The molecular formula is C17H8BrN3O. The topological polar surface area (TPSA) is 47.3 Å². The van der Waals surface area contributed by atoms with Crippen LogP contribution in [-0.2, 0) is 0 Å². The third-order valence-corrected chi connectivity index (χ3v) is 4.67. The maximum Gasteiger partial charge on any atom is 0.198 e. The number of rotatable bonds is 0. The van der Waals surface area contributed by atoms with E-state index < -0.39 is 0 Å². The summed E-state index contributed by atoms with van der Waals surface area (Å²) in [5.74, 6) is 0.0190. The fourth-order valence-electron chi connectivity index (χ4n) is 3.28. The van der Waals surface area contributed by atoms with Gasteiger partial charge in [0.15, 0.2) is 11.4 Å². The molecule has 0 fully saturated rings. The van der Waals surface area contributed by atoms with Gasteiger partial charge >= 0.3 is 0 Å². The summed E-state index contributed by atoms with van der Waals surface area (Å²) in [6.45, 7) is 0. The van der Waals surface area contributed by atoms with E-state index in [0.29, 0.717) is 11.2 Å². The fraction of sp³-hybridized carbons (Fsp3) is 0. The second-order valence-electron chi connectivity index (χ2n) is 5.31. The molecule has 104 valence electrons. The molecule has 0 N–H and O–H groups in total. The van der Waals surface area contributed by atoms with E-state index in [1.807, 2.05) is 46.9 Å². The van der Waals surface area contributed by atoms with Gasteiger partial charge in [0.25, 0.3) is 0 Å². The molecule has 0 spiro atoms. The molecule has 5 rings (SSSR count). The molecule has 5 heteroatoms. The van der Waals surface area contributed by atoms with Gasteiger partial charge in [0.1, 0.15) is 6.33 Å². The largest absolute Gasteiger partial charge is 0.288 e. The van der Waals surface area contributed by atoms with E-state index in [1.165, 1.54) is 0 Å². The molecule has 0 saturated heterocycles. The molecule has 0 atom stereocenters. The molecule has 22 heavy (non-hydrogen) atoms. The maximum atomic E-state index is 12.8. The highest BCUT2D eigenvalue weighted by Gasteiger charge is 2.32. The van der Waals surface area contributed by atoms with E-state index >= 15 is 0 Å². The summed E-state index contributed by atoms with van der Waals surface area (Å²) in [6, 6.07) is 13.8. The number of hydrogen-bond acceptors (Lipinski definition) is 3. The molecule has 1 aliphatic rings. The minimum atomic E-state index is 0.0190. The van der Waals surface area contributed by atoms with Crippen molar-refractivity contribution in [3.63, 3.8) is 0 Å². The van der Waals surface area contributed by atoms with Crippen molar-refractivity contribution in [3.8, 4) is 11.1 Å². The van der Waals surface area contributed by atoms with Gasteiger partial charge in [-0.25, -0.2) is 0 Å². The lowest BCUT2D eigenvalue weighted by Crippen LogP contribution is -2.00. The summed E-state index contributed by atoms with van der Waals surface area (Å²) in [4.78, 5) is 12.8. The van der Waals surface area contributed by atoms with Crippen molar-refractivity contribution in [2.45, 2.75) is 0 Å². The van der Waals surface area contributed by atoms with Gasteiger partial charge in [0.2, 0.25) is 0 Å². The van der Waals surface area contributed by atoms with Crippen molar-refractivity contribution in [2.75, 3.05) is 0 Å². The molecule has 1 aliphatic carbocycles. The highest BCUT2D eigenvalue weighted by molar-refractivity contribution is 9.10. The molecule has 0 radical (unpaired) electrons. The van der Waals surface area contributed by atoms with Crippen LogP contribution in [0, 0.1) is 0 Å². The van der Waals surface area contributed by atoms with Gasteiger partial charge in [-0.05, 0) is 23.8 Å². The molecule has 2 heterocycles. The average molecular weight is 350 g/mol. The zero-order chi connectivity index (χ0) is 14.8. The van der Waals surface area contributed by atoms with Gasteiger partial charge in [-0.15, -0.1) is 10.2 Å². The van der Waals surface area contributed by atoms with Crippen LogP contribution >= 0.6 is 15.9 Å². The number of carbonyl (C=O) groups excluding carboxylic acids is 1. The number of aromatic nitrogens is 3. The maximum absolute atomic E-state index is 12.8. The van der Waals surface area contributed by atoms with Crippen LogP contribution in [0.1, 0.15) is 15.9 Å². The Morgan fingerprint density at radius 2 is 1.82 bits per heavy atom. The first kappa shape index (κ1) is 12.1. The van der Waals surface area contributed by atoms with Gasteiger partial charge < -0.3 is 0 Å². The zero-order valence-corrected chi connectivity index (χ0v) is 12.8. The number of carbonyl (C=O) groups is 1. The molecule has 2 aromatic heterocycles. The van der Waals surface area contributed by atoms with Crippen molar-refractivity contribution in [2.24, 2.45) is 0 Å². The van der Waals surface area contributed by atoms with Crippen molar-refractivity contribution >= 4 is 38.3 Å². The van der Waals surface area contributed by atoms with Crippen molar-refractivity contribution in [3.05, 3.63) is 64.4 Å². The lowest BCUT2D eigenvalue weighted by atomic mass is 10.0. The number of ketones is 1. The molecule has 2 aromatic carbocycles. The standard InChI is InChI=1S/C17H8BrN3O/c18-9-5-6-13-12(7-9)14-10-3-1-2-4-11(10)16(22)15(14)17-20-19-8-21(13)17/h1-8H. The minimum absolute atomic E-state index is 0.0190. The third kappa shape index (κ3) is 1.34. The van der Waals surface area contributed by atoms with Crippen molar-refractivity contribution in [1.29, 1.82) is 0 Å². The lowest BCUT2D eigenvalue weighted by Gasteiger charge is -2.09. The first-order valence-electron chi connectivity index (χ1n) is 6.85. The van der Waals surface area contributed by atoms with E-state index in [0.717, 1.165) is 32.1 Å². The summed E-state index contributed by atoms with van der Waals surface area (Å²) in [7, 11) is 0. The molecule has 0 bridgehead atoms. The average Bonchev–Trinajstić information content (AvgIpc) is 3.11. The first-order chi connectivity index (χ1) is 10.8. The van der Waals surface area contributed by atoms with E-state index in [-0.39, 0.29) is 5.78 Å². The molecular weight excluding hydrogens is 342 g/mol. The predicted octanol–water partition coefficient (Wildman–Crippen LogP) is 3.86. The Kier molecular flexibility index (Phi) is 2.20. The Labute approximate surface area is 133 Å². The van der Waals surface area contributed by atoms with Crippen LogP contribution in [0.4, 0.5) is 0 Å². The summed E-state index contributed by atoms with van der Waals surface area (Å²) in [5.41, 5.74) is 4.91. The minimum Gasteiger partial charge on any atom is -0.288 e. The number of fused-ring (bicyclic) bond motifs is 8. The van der Waals surface area contributed by atoms with Crippen LogP contribution in [0.5, 0.6) is 0 Å². The highest BCUT2D eigenvalue weighted by Crippen LogP contribution is 2.43. The molecule has 4 nitrogen and oxygen atoms in total. The first-order valence-corrected chi connectivity index (χ1v) is 7.64. The Morgan fingerprint density at radius 3 is 2.68 bits per heavy atom. The zero-order valence-electron chi connectivity index (χ0n) is 11.2. The number of hydrogen-bond donors (Lipinski definition) is 0. The Morgan fingerprint density at radius 1 is 1.00 bits per heavy atom. The number of pyridine rings is 1. The normalized spacial score (nSPS) is 12.9. The summed E-state index contributed by atoms with van der Waals surface area (Å²) < 4.78 is 2.86. The highest BCUT2D eigenvalue weighted by atomic mass is 79.9. The molecule has 0 aliphatic heterocycles. The summed E-state index contributed by atoms with van der Waals surface area (Å²) in [6.07, 6.45) is 1.65. The van der Waals surface area contributed by atoms with E-state index in [2.05, 4.69) is 26.1 Å². The van der Waals surface area contributed by atoms with Crippen LogP contribution in [0.2, 0.25) is 0 Å². The van der Waals surface area contributed by atoms with E-state index in [4.69, 9.17) is 0 Å². The van der Waals surface area contributed by atoms with E-state index in [9.17, 15) is 4.79 Å². The quantitative estimate of drug-likeness (QED) is 0.426. The van der Waals surface area contributed by atoms with Crippen LogP contribution in [0.25, 0.3) is 27.7 Å². The molecule has 0 unspecified atom stereocenters. The van der Waals surface area contributed by atoms with Gasteiger partial charge in [-0.3, -0.25) is 9.20 Å². The van der Waals surface area contributed by atoms with Gasteiger partial charge in [0, 0.05) is 21.0 Å². The second kappa shape index (κ2) is 4.01. The molecule has 0 amide bonds. The Bertz CT molecular complexity index is 1110. The number of halogens is 1. The molecule has 0 saturated carbocycles. The Hall–Kier alpha value is -2.53. The lowest BCUT2D eigenvalue weighted by molar-refractivity contribution is 0.104. The van der Waals surface area contributed by atoms with Crippen LogP contribution in [0.3, 0.4) is 0 Å². The predicted molar refractivity (Wildman–Crippen MR) is 87.1 cm³/mol. The third-order valence-electron chi connectivity index (χ3n) is 4.18. The van der Waals surface area contributed by atoms with Gasteiger partial charge in [-0.1, -0.05) is 40.2 Å². The Balaban J connectivity index is 2.12. The smallest absolute Gasteiger partial charge is 0.198 e. The number of benzene rings is 2. The van der Waals surface area contributed by atoms with Crippen LogP contribution in [0.15, 0.2) is 53.3 Å². The summed E-state index contributed by atoms with van der Waals surface area (Å²) in [5, 5.41) is 9.20. The van der Waals surface area contributed by atoms with Gasteiger partial charge in [-0.2, -0.15) is 0 Å². The summed E-state index contributed by atoms with van der Waals surface area (Å²) >= 11 is 3.53. The molecule has 4 aromatic rings. The number of nitrogens with zero attached hydrogens (tertiary/aromatic N) is 3.